The summed E-state index contributed by atoms with van der Waals surface area (Å²) in [6, 6.07) is 17.2. The number of alkyl halides is 1. The van der Waals surface area contributed by atoms with Gasteiger partial charge in [0.2, 0.25) is 6.41 Å². The number of rotatable bonds is 9. The van der Waals surface area contributed by atoms with Crippen molar-refractivity contribution in [1.29, 1.82) is 0 Å². The van der Waals surface area contributed by atoms with Crippen molar-refractivity contribution in [2.75, 3.05) is 32.0 Å². The predicted molar refractivity (Wildman–Crippen MR) is 136 cm³/mol. The molecule has 1 aromatic heterocycles. The van der Waals surface area contributed by atoms with Crippen molar-refractivity contribution in [3.05, 3.63) is 71.4 Å². The summed E-state index contributed by atoms with van der Waals surface area (Å²) >= 11 is 0. The maximum Gasteiger partial charge on any atom is 0.207 e. The van der Waals surface area contributed by atoms with Gasteiger partial charge in [0, 0.05) is 36.5 Å². The smallest absolute Gasteiger partial charge is 0.207 e. The number of likely N-dealkylation sites (tertiary alicyclic amines) is 1. The fourth-order valence-electron chi connectivity index (χ4n) is 4.88. The molecule has 1 aliphatic rings. The Kier molecular flexibility index (Phi) is 7.91. The number of carbonyl (C=O) groups is 1. The SMILES string of the molecule is Cc1ccc(-c2cc(-c3ccc(C4CCCCN4CCF)cc3)cnc2N)cc1CCNC=O. The van der Waals surface area contributed by atoms with Gasteiger partial charge in [-0.3, -0.25) is 9.69 Å². The van der Waals surface area contributed by atoms with Crippen molar-refractivity contribution in [2.24, 2.45) is 0 Å². The highest BCUT2D eigenvalue weighted by atomic mass is 19.1. The van der Waals surface area contributed by atoms with E-state index in [4.69, 9.17) is 5.73 Å². The Labute approximate surface area is 201 Å². The number of aromatic nitrogens is 1. The van der Waals surface area contributed by atoms with Crippen LogP contribution < -0.4 is 11.1 Å². The molecule has 5 nitrogen and oxygen atoms in total. The number of halogens is 1. The molecule has 3 aromatic rings. The summed E-state index contributed by atoms with van der Waals surface area (Å²) in [5.41, 5.74) is 13.9. The zero-order valence-electron chi connectivity index (χ0n) is 19.8. The number of nitrogen functional groups attached to an aromatic ring is 1. The third kappa shape index (κ3) is 5.45. The molecule has 6 heteroatoms. The molecule has 0 aliphatic carbocycles. The summed E-state index contributed by atoms with van der Waals surface area (Å²) < 4.78 is 13.0. The molecular weight excluding hydrogens is 427 g/mol. The Morgan fingerprint density at radius 3 is 2.68 bits per heavy atom. The number of amides is 1. The molecule has 0 bridgehead atoms. The van der Waals surface area contributed by atoms with Gasteiger partial charge in [0.25, 0.3) is 0 Å². The fourth-order valence-corrected chi connectivity index (χ4v) is 4.88. The molecule has 34 heavy (non-hydrogen) atoms. The van der Waals surface area contributed by atoms with E-state index < -0.39 is 0 Å². The monoisotopic (exact) mass is 460 g/mol. The first-order chi connectivity index (χ1) is 16.6. The Hall–Kier alpha value is -3.25. The second-order valence-electron chi connectivity index (χ2n) is 8.98. The zero-order chi connectivity index (χ0) is 23.9. The maximum atomic E-state index is 13.0. The molecule has 0 radical (unpaired) electrons. The van der Waals surface area contributed by atoms with Gasteiger partial charge in [0.1, 0.15) is 12.5 Å². The van der Waals surface area contributed by atoms with Gasteiger partial charge in [-0.2, -0.15) is 0 Å². The number of carbonyl (C=O) groups excluding carboxylic acids is 1. The van der Waals surface area contributed by atoms with Gasteiger partial charge in [-0.05, 0) is 66.6 Å². The highest BCUT2D eigenvalue weighted by molar-refractivity contribution is 5.79. The van der Waals surface area contributed by atoms with Gasteiger partial charge in [0.05, 0.1) is 0 Å². The lowest BCUT2D eigenvalue weighted by Gasteiger charge is -2.35. The van der Waals surface area contributed by atoms with Crippen LogP contribution in [-0.4, -0.2) is 42.6 Å². The third-order valence-corrected chi connectivity index (χ3v) is 6.81. The summed E-state index contributed by atoms with van der Waals surface area (Å²) in [4.78, 5) is 17.3. The van der Waals surface area contributed by atoms with Crippen LogP contribution in [0.4, 0.5) is 10.2 Å². The highest BCUT2D eigenvalue weighted by Gasteiger charge is 2.23. The van der Waals surface area contributed by atoms with Crippen molar-refractivity contribution in [2.45, 2.75) is 38.6 Å². The summed E-state index contributed by atoms with van der Waals surface area (Å²) in [5, 5.41) is 2.72. The van der Waals surface area contributed by atoms with Gasteiger partial charge in [-0.15, -0.1) is 0 Å². The van der Waals surface area contributed by atoms with Crippen molar-refractivity contribution in [3.8, 4) is 22.3 Å². The summed E-state index contributed by atoms with van der Waals surface area (Å²) in [6.07, 6.45) is 6.70. The van der Waals surface area contributed by atoms with E-state index in [1.807, 2.05) is 6.20 Å². The van der Waals surface area contributed by atoms with Gasteiger partial charge < -0.3 is 11.1 Å². The molecular formula is C28H33FN4O. The molecule has 178 valence electrons. The summed E-state index contributed by atoms with van der Waals surface area (Å²) in [5.74, 6) is 0.491. The van der Waals surface area contributed by atoms with Crippen LogP contribution in [0.5, 0.6) is 0 Å². The molecule has 1 fully saturated rings. The second kappa shape index (κ2) is 11.3. The highest BCUT2D eigenvalue weighted by Crippen LogP contribution is 2.34. The van der Waals surface area contributed by atoms with Crippen LogP contribution in [-0.2, 0) is 11.2 Å². The molecule has 2 heterocycles. The number of nitrogens with two attached hydrogens (primary N) is 1. The van der Waals surface area contributed by atoms with Crippen LogP contribution in [0.15, 0.2) is 54.7 Å². The lowest BCUT2D eigenvalue weighted by atomic mass is 9.93. The van der Waals surface area contributed by atoms with Gasteiger partial charge in [-0.1, -0.05) is 48.9 Å². The second-order valence-corrected chi connectivity index (χ2v) is 8.98. The molecule has 4 rings (SSSR count). The minimum atomic E-state index is -0.303. The van der Waals surface area contributed by atoms with Gasteiger partial charge in [-0.25, -0.2) is 9.37 Å². The van der Waals surface area contributed by atoms with E-state index in [9.17, 15) is 9.18 Å². The van der Waals surface area contributed by atoms with Crippen LogP contribution in [0.3, 0.4) is 0 Å². The average Bonchev–Trinajstić information content (AvgIpc) is 2.86. The molecule has 1 aliphatic heterocycles. The largest absolute Gasteiger partial charge is 0.383 e. The standard InChI is InChI=1S/C28H33FN4O/c1-20-5-6-24(16-23(20)11-13-31-19-34)26-17-25(18-32-28(26)30)21-7-9-22(10-8-21)27-4-2-3-14-33(27)15-12-29/h5-10,16-19,27H,2-4,11-15H2,1H3,(H2,30,32)(H,31,34). The zero-order valence-corrected chi connectivity index (χ0v) is 19.8. The maximum absolute atomic E-state index is 13.0. The normalized spacial score (nSPS) is 16.4. The van der Waals surface area contributed by atoms with Gasteiger partial charge in [0.15, 0.2) is 0 Å². The molecule has 1 amide bonds. The van der Waals surface area contributed by atoms with Crippen LogP contribution in [0.1, 0.15) is 42.0 Å². The number of benzene rings is 2. The van der Waals surface area contributed by atoms with Crippen LogP contribution in [0, 0.1) is 6.92 Å². The number of aryl methyl sites for hydroxylation is 1. The molecule has 1 atom stereocenters. The van der Waals surface area contributed by atoms with E-state index in [1.165, 1.54) is 23.1 Å². The number of hydrogen-bond donors (Lipinski definition) is 2. The van der Waals surface area contributed by atoms with E-state index in [0.717, 1.165) is 54.5 Å². The lowest BCUT2D eigenvalue weighted by molar-refractivity contribution is -0.109. The Bertz CT molecular complexity index is 1110. The first kappa shape index (κ1) is 23.9. The van der Waals surface area contributed by atoms with Crippen LogP contribution in [0.2, 0.25) is 0 Å². The lowest BCUT2D eigenvalue weighted by Crippen LogP contribution is -2.34. The predicted octanol–water partition coefficient (Wildman–Crippen LogP) is 5.09. The first-order valence-corrected chi connectivity index (χ1v) is 12.0. The van der Waals surface area contributed by atoms with E-state index in [2.05, 4.69) is 70.7 Å². The first-order valence-electron chi connectivity index (χ1n) is 12.0. The van der Waals surface area contributed by atoms with Gasteiger partial charge >= 0.3 is 0 Å². The minimum Gasteiger partial charge on any atom is -0.383 e. The fraction of sp³-hybridized carbons (Fsp3) is 0.357. The number of nitrogens with one attached hydrogen (secondary N) is 1. The molecule has 1 saturated heterocycles. The molecule has 0 spiro atoms. The number of piperidine rings is 1. The Balaban J connectivity index is 1.59. The van der Waals surface area contributed by atoms with E-state index >= 15 is 0 Å². The van der Waals surface area contributed by atoms with Crippen molar-refractivity contribution in [3.63, 3.8) is 0 Å². The number of hydrogen-bond acceptors (Lipinski definition) is 4. The number of anilines is 1. The molecule has 1 unspecified atom stereocenters. The topological polar surface area (TPSA) is 71.2 Å². The van der Waals surface area contributed by atoms with E-state index in [1.54, 1.807) is 0 Å². The van der Waals surface area contributed by atoms with Crippen LogP contribution in [0.25, 0.3) is 22.3 Å². The van der Waals surface area contributed by atoms with Crippen molar-refractivity contribution in [1.82, 2.24) is 15.2 Å². The number of pyridine rings is 1. The van der Waals surface area contributed by atoms with Crippen molar-refractivity contribution >= 4 is 12.2 Å². The molecule has 0 saturated carbocycles. The van der Waals surface area contributed by atoms with E-state index in [-0.39, 0.29) is 6.67 Å². The average molecular weight is 461 g/mol. The number of nitrogens with zero attached hydrogens (tertiary/aromatic N) is 2. The third-order valence-electron chi connectivity index (χ3n) is 6.81. The summed E-state index contributed by atoms with van der Waals surface area (Å²) in [6.45, 7) is 3.83. The summed E-state index contributed by atoms with van der Waals surface area (Å²) in [7, 11) is 0. The van der Waals surface area contributed by atoms with E-state index in [0.29, 0.717) is 24.9 Å². The molecule has 2 aromatic carbocycles. The molecule has 3 N–H and O–H groups in total. The van der Waals surface area contributed by atoms with Crippen molar-refractivity contribution < 1.29 is 9.18 Å². The van der Waals surface area contributed by atoms with Crippen LogP contribution >= 0.6 is 0 Å². The minimum absolute atomic E-state index is 0.290. The Morgan fingerprint density at radius 2 is 1.91 bits per heavy atom. The quantitative estimate of drug-likeness (QED) is 0.345. The Morgan fingerprint density at radius 1 is 1.12 bits per heavy atom.